The second kappa shape index (κ2) is 10.6. The van der Waals surface area contributed by atoms with Crippen LogP contribution in [0.3, 0.4) is 0 Å². The third-order valence-corrected chi connectivity index (χ3v) is 4.65. The van der Waals surface area contributed by atoms with E-state index in [0.29, 0.717) is 24.3 Å². The average Bonchev–Trinajstić information content (AvgIpc) is 2.77. The number of hydrogen-bond acceptors (Lipinski definition) is 6. The third kappa shape index (κ3) is 5.58. The van der Waals surface area contributed by atoms with Crippen molar-refractivity contribution in [2.75, 3.05) is 33.9 Å². The average molecular weight is 421 g/mol. The Kier molecular flexibility index (Phi) is 8.23. The molecule has 1 fully saturated rings. The number of carbonyl (C=O) groups is 2. The lowest BCUT2D eigenvalue weighted by atomic mass is 10.0. The molecule has 9 heteroatoms. The monoisotopic (exact) mass is 420 g/mol. The molecule has 1 unspecified atom stereocenters. The minimum Gasteiger partial charge on any atom is -0.497 e. The van der Waals surface area contributed by atoms with Crippen LogP contribution in [0.1, 0.15) is 27.7 Å². The number of ether oxygens (including phenoxy) is 2. The number of methoxy groups -OCH3 is 2. The quantitative estimate of drug-likeness (QED) is 0.720. The maximum absolute atomic E-state index is 12.8. The number of nitrogens with zero attached hydrogens (tertiary/aromatic N) is 2. The molecule has 1 aromatic heterocycles. The highest BCUT2D eigenvalue weighted by atomic mass is 35.5. The van der Waals surface area contributed by atoms with Crippen molar-refractivity contribution in [3.8, 4) is 5.75 Å². The van der Waals surface area contributed by atoms with Crippen molar-refractivity contribution in [1.82, 2.24) is 20.5 Å². The number of urea groups is 1. The number of hydrogen-bond donors (Lipinski definition) is 2. The van der Waals surface area contributed by atoms with E-state index in [9.17, 15) is 9.59 Å². The van der Waals surface area contributed by atoms with Crippen molar-refractivity contribution >= 4 is 24.4 Å². The number of nitrogens with one attached hydrogen (secondary N) is 2. The summed E-state index contributed by atoms with van der Waals surface area (Å²) in [5.41, 5.74) is 2.05. The molecule has 2 amide bonds. The summed E-state index contributed by atoms with van der Waals surface area (Å²) in [4.78, 5) is 30.3. The maximum atomic E-state index is 12.8. The van der Waals surface area contributed by atoms with Crippen LogP contribution in [-0.2, 0) is 11.3 Å². The van der Waals surface area contributed by atoms with Gasteiger partial charge in [0.25, 0.3) is 0 Å². The Balaban J connectivity index is 0.00000300. The van der Waals surface area contributed by atoms with Gasteiger partial charge in [0.1, 0.15) is 5.75 Å². The summed E-state index contributed by atoms with van der Waals surface area (Å²) < 4.78 is 9.95. The minimum absolute atomic E-state index is 0. The van der Waals surface area contributed by atoms with E-state index in [1.54, 1.807) is 19.2 Å². The highest BCUT2D eigenvalue weighted by molar-refractivity contribution is 5.88. The molecule has 156 valence electrons. The van der Waals surface area contributed by atoms with E-state index in [0.717, 1.165) is 17.9 Å². The number of halogens is 1. The van der Waals surface area contributed by atoms with Crippen LogP contribution in [0.5, 0.6) is 5.75 Å². The van der Waals surface area contributed by atoms with Gasteiger partial charge in [-0.3, -0.25) is 4.98 Å². The van der Waals surface area contributed by atoms with Crippen molar-refractivity contribution in [2.24, 2.45) is 0 Å². The van der Waals surface area contributed by atoms with Gasteiger partial charge in [0, 0.05) is 25.8 Å². The molecule has 0 radical (unpaired) electrons. The summed E-state index contributed by atoms with van der Waals surface area (Å²) in [5, 5.41) is 6.24. The largest absolute Gasteiger partial charge is 0.497 e. The number of esters is 1. The summed E-state index contributed by atoms with van der Waals surface area (Å²) in [6.07, 6.45) is 1.44. The molecule has 8 nitrogen and oxygen atoms in total. The van der Waals surface area contributed by atoms with Crippen LogP contribution in [0.2, 0.25) is 0 Å². The van der Waals surface area contributed by atoms with Crippen LogP contribution in [-0.4, -0.2) is 55.7 Å². The summed E-state index contributed by atoms with van der Waals surface area (Å²) in [6, 6.07) is 10.8. The van der Waals surface area contributed by atoms with Gasteiger partial charge < -0.3 is 25.0 Å². The van der Waals surface area contributed by atoms with E-state index < -0.39 is 5.97 Å². The fourth-order valence-corrected chi connectivity index (χ4v) is 3.13. The van der Waals surface area contributed by atoms with Crippen molar-refractivity contribution in [1.29, 1.82) is 0 Å². The van der Waals surface area contributed by atoms with Crippen LogP contribution in [0.4, 0.5) is 4.79 Å². The molecule has 0 aliphatic carbocycles. The zero-order valence-electron chi connectivity index (χ0n) is 16.4. The lowest BCUT2D eigenvalue weighted by Crippen LogP contribution is -2.51. The highest BCUT2D eigenvalue weighted by Crippen LogP contribution is 2.25. The van der Waals surface area contributed by atoms with E-state index >= 15 is 0 Å². The first-order valence-electron chi connectivity index (χ1n) is 9.04. The van der Waals surface area contributed by atoms with Gasteiger partial charge in [-0.2, -0.15) is 0 Å². The molecule has 0 bridgehead atoms. The smallest absolute Gasteiger partial charge is 0.339 e. The Morgan fingerprint density at radius 3 is 2.79 bits per heavy atom. The van der Waals surface area contributed by atoms with Crippen molar-refractivity contribution in [2.45, 2.75) is 12.6 Å². The fourth-order valence-electron chi connectivity index (χ4n) is 3.13. The van der Waals surface area contributed by atoms with E-state index in [2.05, 4.69) is 20.4 Å². The van der Waals surface area contributed by atoms with Gasteiger partial charge in [-0.25, -0.2) is 9.59 Å². The third-order valence-electron chi connectivity index (χ3n) is 4.65. The molecule has 29 heavy (non-hydrogen) atoms. The van der Waals surface area contributed by atoms with Crippen LogP contribution in [0.15, 0.2) is 42.6 Å². The Bertz CT molecular complexity index is 831. The molecule has 1 aliphatic rings. The summed E-state index contributed by atoms with van der Waals surface area (Å²) >= 11 is 0. The van der Waals surface area contributed by atoms with Gasteiger partial charge in [0.15, 0.2) is 0 Å². The molecular formula is C20H25ClN4O4. The number of carbonyl (C=O) groups excluding carboxylic acids is 2. The van der Waals surface area contributed by atoms with Gasteiger partial charge in [-0.15, -0.1) is 12.4 Å². The number of benzene rings is 1. The number of rotatable bonds is 5. The fraction of sp³-hybridized carbons (Fsp3) is 0.350. The maximum Gasteiger partial charge on any atom is 0.339 e. The molecule has 1 aromatic carbocycles. The number of aromatic nitrogens is 1. The SMILES string of the molecule is COC(=O)c1ccc(CNC(=O)N2CCNCC2c2cccc(OC)c2)nc1.Cl. The first-order valence-corrected chi connectivity index (χ1v) is 9.04. The van der Waals surface area contributed by atoms with Crippen LogP contribution >= 0.6 is 12.4 Å². The Morgan fingerprint density at radius 2 is 2.10 bits per heavy atom. The highest BCUT2D eigenvalue weighted by Gasteiger charge is 2.28. The first-order chi connectivity index (χ1) is 13.6. The Morgan fingerprint density at radius 1 is 1.28 bits per heavy atom. The second-order valence-electron chi connectivity index (χ2n) is 6.38. The zero-order valence-corrected chi connectivity index (χ0v) is 17.2. The topological polar surface area (TPSA) is 92.8 Å². The van der Waals surface area contributed by atoms with Gasteiger partial charge in [0.2, 0.25) is 0 Å². The predicted molar refractivity (Wildman–Crippen MR) is 110 cm³/mol. The van der Waals surface area contributed by atoms with E-state index in [1.165, 1.54) is 13.3 Å². The number of amides is 2. The second-order valence-corrected chi connectivity index (χ2v) is 6.38. The molecule has 2 aromatic rings. The summed E-state index contributed by atoms with van der Waals surface area (Å²) in [7, 11) is 2.95. The van der Waals surface area contributed by atoms with Crippen LogP contribution in [0, 0.1) is 0 Å². The molecule has 3 rings (SSSR count). The standard InChI is InChI=1S/C20H24N4O4.ClH/c1-27-17-5-3-4-14(10-17)18-13-21-8-9-24(18)20(26)23-12-16-7-6-15(11-22-16)19(25)28-2;/h3-7,10-11,18,21H,8-9,12-13H2,1-2H3,(H,23,26);1H. The van der Waals surface area contributed by atoms with E-state index in [1.807, 2.05) is 29.2 Å². The Hall–Kier alpha value is -2.84. The van der Waals surface area contributed by atoms with E-state index in [-0.39, 0.29) is 31.0 Å². The lowest BCUT2D eigenvalue weighted by molar-refractivity contribution is 0.0600. The van der Waals surface area contributed by atoms with Gasteiger partial charge in [0.05, 0.1) is 38.1 Å². The molecule has 0 saturated carbocycles. The molecule has 1 aliphatic heterocycles. The molecule has 1 atom stereocenters. The van der Waals surface area contributed by atoms with Gasteiger partial charge in [-0.05, 0) is 29.8 Å². The molecule has 0 spiro atoms. The Labute approximate surface area is 176 Å². The van der Waals surface area contributed by atoms with E-state index in [4.69, 9.17) is 4.74 Å². The zero-order chi connectivity index (χ0) is 19.9. The van der Waals surface area contributed by atoms with Crippen molar-refractivity contribution < 1.29 is 19.1 Å². The minimum atomic E-state index is -0.440. The first kappa shape index (κ1) is 22.4. The van der Waals surface area contributed by atoms with Crippen LogP contribution in [0.25, 0.3) is 0 Å². The van der Waals surface area contributed by atoms with Crippen molar-refractivity contribution in [3.05, 3.63) is 59.4 Å². The van der Waals surface area contributed by atoms with Crippen LogP contribution < -0.4 is 15.4 Å². The summed E-state index contributed by atoms with van der Waals surface area (Å²) in [5.74, 6) is 0.323. The number of piperazine rings is 1. The summed E-state index contributed by atoms with van der Waals surface area (Å²) in [6.45, 7) is 2.28. The molecular weight excluding hydrogens is 396 g/mol. The van der Waals surface area contributed by atoms with Gasteiger partial charge in [-0.1, -0.05) is 12.1 Å². The normalized spacial score (nSPS) is 15.8. The molecule has 2 N–H and O–H groups in total. The predicted octanol–water partition coefficient (Wildman–Crippen LogP) is 2.15. The lowest BCUT2D eigenvalue weighted by Gasteiger charge is -2.36. The van der Waals surface area contributed by atoms with Gasteiger partial charge >= 0.3 is 12.0 Å². The number of pyridine rings is 1. The molecule has 1 saturated heterocycles. The molecule has 2 heterocycles. The van der Waals surface area contributed by atoms with Crippen molar-refractivity contribution in [3.63, 3.8) is 0 Å².